The second-order valence-corrected chi connectivity index (χ2v) is 6.34. The molecule has 0 bridgehead atoms. The maximum Gasteiger partial charge on any atom is 0.308 e. The minimum Gasteiger partial charge on any atom is -0.481 e. The number of halogens is 1. The average molecular weight is 288 g/mol. The molecule has 0 spiro atoms. The van der Waals surface area contributed by atoms with Crippen molar-refractivity contribution < 1.29 is 22.7 Å². The van der Waals surface area contributed by atoms with Gasteiger partial charge >= 0.3 is 5.97 Å². The number of carboxylic acid groups (broad SMARTS) is 1. The SMILES string of the molecule is CC(C(=O)O)C1(NS(=O)(=O)c2cncc(F)c2)CC1. The third-order valence-electron chi connectivity index (χ3n) is 3.32. The number of pyridine rings is 1. The summed E-state index contributed by atoms with van der Waals surface area (Å²) < 4.78 is 39.4. The average Bonchev–Trinajstić information content (AvgIpc) is 3.08. The molecule has 1 heterocycles. The van der Waals surface area contributed by atoms with Gasteiger partial charge in [0.15, 0.2) is 0 Å². The van der Waals surface area contributed by atoms with Gasteiger partial charge in [0, 0.05) is 11.7 Å². The molecular weight excluding hydrogens is 275 g/mol. The van der Waals surface area contributed by atoms with E-state index in [-0.39, 0.29) is 4.90 Å². The molecule has 1 aromatic rings. The summed E-state index contributed by atoms with van der Waals surface area (Å²) in [5.41, 5.74) is -0.975. The van der Waals surface area contributed by atoms with Gasteiger partial charge in [0.05, 0.1) is 12.1 Å². The second kappa shape index (κ2) is 4.53. The van der Waals surface area contributed by atoms with Crippen LogP contribution in [0.2, 0.25) is 0 Å². The molecular formula is C11H13FN2O4S. The molecule has 1 aliphatic rings. The molecule has 6 nitrogen and oxygen atoms in total. The van der Waals surface area contributed by atoms with Gasteiger partial charge < -0.3 is 5.11 Å². The molecule has 2 rings (SSSR count). The second-order valence-electron chi connectivity index (χ2n) is 4.66. The smallest absolute Gasteiger partial charge is 0.308 e. The summed E-state index contributed by atoms with van der Waals surface area (Å²) in [7, 11) is -3.97. The third-order valence-corrected chi connectivity index (χ3v) is 4.83. The van der Waals surface area contributed by atoms with Crippen molar-refractivity contribution in [3.05, 3.63) is 24.3 Å². The number of aliphatic carboxylic acids is 1. The van der Waals surface area contributed by atoms with E-state index in [0.29, 0.717) is 12.8 Å². The largest absolute Gasteiger partial charge is 0.481 e. The molecule has 1 fully saturated rings. The molecule has 0 saturated heterocycles. The molecule has 0 aromatic carbocycles. The topological polar surface area (TPSA) is 96.4 Å². The van der Waals surface area contributed by atoms with Crippen LogP contribution in [0, 0.1) is 11.7 Å². The highest BCUT2D eigenvalue weighted by Gasteiger charge is 2.53. The maximum absolute atomic E-state index is 13.0. The van der Waals surface area contributed by atoms with Crippen LogP contribution >= 0.6 is 0 Å². The summed E-state index contributed by atoms with van der Waals surface area (Å²) in [6, 6.07) is 0.844. The number of hydrogen-bond donors (Lipinski definition) is 2. The van der Waals surface area contributed by atoms with Crippen molar-refractivity contribution in [2.75, 3.05) is 0 Å². The zero-order chi connectivity index (χ0) is 14.3. The van der Waals surface area contributed by atoms with Crippen LogP contribution in [0.1, 0.15) is 19.8 Å². The Bertz CT molecular complexity index is 613. The van der Waals surface area contributed by atoms with Crippen LogP contribution in [0.3, 0.4) is 0 Å². The van der Waals surface area contributed by atoms with Gasteiger partial charge in [0.1, 0.15) is 10.7 Å². The number of carboxylic acids is 1. The van der Waals surface area contributed by atoms with E-state index in [9.17, 15) is 17.6 Å². The molecule has 1 aromatic heterocycles. The monoisotopic (exact) mass is 288 g/mol. The van der Waals surface area contributed by atoms with E-state index in [4.69, 9.17) is 5.11 Å². The van der Waals surface area contributed by atoms with Crippen LogP contribution in [-0.2, 0) is 14.8 Å². The lowest BCUT2D eigenvalue weighted by atomic mass is 10.0. The Hall–Kier alpha value is -1.54. The molecule has 2 N–H and O–H groups in total. The van der Waals surface area contributed by atoms with E-state index in [2.05, 4.69) is 9.71 Å². The Morgan fingerprint density at radius 2 is 2.16 bits per heavy atom. The Morgan fingerprint density at radius 1 is 1.53 bits per heavy atom. The van der Waals surface area contributed by atoms with Crippen molar-refractivity contribution in [1.82, 2.24) is 9.71 Å². The Kier molecular flexibility index (Phi) is 3.31. The van der Waals surface area contributed by atoms with Gasteiger partial charge in [-0.3, -0.25) is 9.78 Å². The molecule has 0 radical (unpaired) electrons. The molecule has 0 amide bonds. The van der Waals surface area contributed by atoms with Gasteiger partial charge in [0.2, 0.25) is 10.0 Å². The molecule has 19 heavy (non-hydrogen) atoms. The lowest BCUT2D eigenvalue weighted by molar-refractivity contribution is -0.142. The van der Waals surface area contributed by atoms with Crippen molar-refractivity contribution in [1.29, 1.82) is 0 Å². The summed E-state index contributed by atoms with van der Waals surface area (Å²) in [5, 5.41) is 8.96. The highest BCUT2D eigenvalue weighted by molar-refractivity contribution is 7.89. The van der Waals surface area contributed by atoms with E-state index in [1.54, 1.807) is 0 Å². The van der Waals surface area contributed by atoms with E-state index in [0.717, 1.165) is 18.5 Å². The number of hydrogen-bond acceptors (Lipinski definition) is 4. The van der Waals surface area contributed by atoms with E-state index < -0.39 is 33.3 Å². The fourth-order valence-corrected chi connectivity index (χ4v) is 3.36. The first-order chi connectivity index (χ1) is 8.77. The predicted octanol–water partition coefficient (Wildman–Crippen LogP) is 0.752. The molecule has 1 aliphatic carbocycles. The molecule has 0 aliphatic heterocycles. The van der Waals surface area contributed by atoms with Crippen molar-refractivity contribution in [2.24, 2.45) is 5.92 Å². The summed E-state index contributed by atoms with van der Waals surface area (Å²) in [4.78, 5) is 14.1. The van der Waals surface area contributed by atoms with Gasteiger partial charge in [-0.25, -0.2) is 17.5 Å². The van der Waals surface area contributed by atoms with Crippen molar-refractivity contribution in [3.63, 3.8) is 0 Å². The normalized spacial score (nSPS) is 18.8. The van der Waals surface area contributed by atoms with Gasteiger partial charge in [-0.1, -0.05) is 6.92 Å². The van der Waals surface area contributed by atoms with Crippen LogP contribution in [-0.4, -0.2) is 30.0 Å². The quantitative estimate of drug-likeness (QED) is 0.833. The molecule has 1 unspecified atom stereocenters. The van der Waals surface area contributed by atoms with Crippen molar-refractivity contribution >= 4 is 16.0 Å². The molecule has 104 valence electrons. The zero-order valence-corrected chi connectivity index (χ0v) is 10.9. The highest BCUT2D eigenvalue weighted by atomic mass is 32.2. The number of nitrogens with zero attached hydrogens (tertiary/aromatic N) is 1. The third kappa shape index (κ3) is 2.74. The van der Waals surface area contributed by atoms with Gasteiger partial charge in [-0.05, 0) is 18.9 Å². The van der Waals surface area contributed by atoms with Crippen molar-refractivity contribution in [2.45, 2.75) is 30.2 Å². The Labute approximate surface area is 109 Å². The highest BCUT2D eigenvalue weighted by Crippen LogP contribution is 2.43. The van der Waals surface area contributed by atoms with E-state index >= 15 is 0 Å². The van der Waals surface area contributed by atoms with Crippen LogP contribution in [0.15, 0.2) is 23.4 Å². The predicted molar refractivity (Wildman–Crippen MR) is 63.3 cm³/mol. The number of carbonyl (C=O) groups is 1. The minimum absolute atomic E-state index is 0.309. The number of nitrogens with one attached hydrogen (secondary N) is 1. The molecule has 8 heteroatoms. The minimum atomic E-state index is -3.97. The lowest BCUT2D eigenvalue weighted by Gasteiger charge is -2.21. The first-order valence-electron chi connectivity index (χ1n) is 5.64. The van der Waals surface area contributed by atoms with Gasteiger partial charge in [-0.15, -0.1) is 0 Å². The first-order valence-corrected chi connectivity index (χ1v) is 7.12. The van der Waals surface area contributed by atoms with Crippen molar-refractivity contribution in [3.8, 4) is 0 Å². The van der Waals surface area contributed by atoms with Crippen LogP contribution in [0.5, 0.6) is 0 Å². The Morgan fingerprint density at radius 3 is 2.63 bits per heavy atom. The van der Waals surface area contributed by atoms with Gasteiger partial charge in [-0.2, -0.15) is 0 Å². The van der Waals surface area contributed by atoms with Crippen LogP contribution < -0.4 is 4.72 Å². The maximum atomic E-state index is 13.0. The number of aromatic nitrogens is 1. The van der Waals surface area contributed by atoms with E-state index in [1.165, 1.54) is 6.92 Å². The number of sulfonamides is 1. The summed E-state index contributed by atoms with van der Waals surface area (Å²) in [6.45, 7) is 1.45. The van der Waals surface area contributed by atoms with Crippen LogP contribution in [0.25, 0.3) is 0 Å². The Balaban J connectivity index is 2.26. The fraction of sp³-hybridized carbons (Fsp3) is 0.455. The van der Waals surface area contributed by atoms with Gasteiger partial charge in [0.25, 0.3) is 0 Å². The fourth-order valence-electron chi connectivity index (χ4n) is 1.86. The molecule has 1 saturated carbocycles. The standard InChI is InChI=1S/C11H13FN2O4S/c1-7(10(15)16)11(2-3-11)14-19(17,18)9-4-8(12)5-13-6-9/h4-7,14H,2-3H2,1H3,(H,15,16). The molecule has 1 atom stereocenters. The summed E-state index contributed by atoms with van der Waals surface area (Å²) >= 11 is 0. The number of rotatable bonds is 5. The first kappa shape index (κ1) is 13.9. The summed E-state index contributed by atoms with van der Waals surface area (Å²) in [5.74, 6) is -2.68. The lowest BCUT2D eigenvalue weighted by Crippen LogP contribution is -2.44. The van der Waals surface area contributed by atoms with Crippen LogP contribution in [0.4, 0.5) is 4.39 Å². The van der Waals surface area contributed by atoms with E-state index in [1.807, 2.05) is 0 Å². The zero-order valence-electron chi connectivity index (χ0n) is 10.1. The summed E-state index contributed by atoms with van der Waals surface area (Å²) in [6.07, 6.45) is 2.81.